The Balaban J connectivity index is 1.59. The summed E-state index contributed by atoms with van der Waals surface area (Å²) in [5.74, 6) is 1.15. The van der Waals surface area contributed by atoms with Crippen molar-refractivity contribution in [3.8, 4) is 11.8 Å². The molecule has 2 heterocycles. The van der Waals surface area contributed by atoms with Crippen LogP contribution in [0, 0.1) is 11.3 Å². The van der Waals surface area contributed by atoms with Gasteiger partial charge in [-0.2, -0.15) is 5.26 Å². The Bertz CT molecular complexity index is 921. The molecule has 0 N–H and O–H groups in total. The number of anilines is 1. The highest BCUT2D eigenvalue weighted by Crippen LogP contribution is 2.31. The summed E-state index contributed by atoms with van der Waals surface area (Å²) in [4.78, 5) is 3.75. The Kier molecular flexibility index (Phi) is 4.40. The molecular formula is C21H21N5. The van der Waals surface area contributed by atoms with E-state index in [1.807, 2.05) is 18.2 Å². The van der Waals surface area contributed by atoms with Gasteiger partial charge in [-0.05, 0) is 36.1 Å². The van der Waals surface area contributed by atoms with Gasteiger partial charge in [0.05, 0.1) is 5.69 Å². The number of hydrogen-bond acceptors (Lipinski definition) is 4. The van der Waals surface area contributed by atoms with E-state index in [4.69, 9.17) is 0 Å². The monoisotopic (exact) mass is 343 g/mol. The summed E-state index contributed by atoms with van der Waals surface area (Å²) in [7, 11) is 0. The lowest BCUT2D eigenvalue weighted by Crippen LogP contribution is -2.20. The first-order valence-electron chi connectivity index (χ1n) is 9.05. The third kappa shape index (κ3) is 3.06. The molecule has 0 spiro atoms. The van der Waals surface area contributed by atoms with E-state index >= 15 is 0 Å². The molecule has 0 unspecified atom stereocenters. The molecule has 0 radical (unpaired) electrons. The van der Waals surface area contributed by atoms with Gasteiger partial charge in [0.2, 0.25) is 5.69 Å². The molecule has 3 aromatic rings. The van der Waals surface area contributed by atoms with E-state index in [9.17, 15) is 5.26 Å². The van der Waals surface area contributed by atoms with Gasteiger partial charge in [-0.15, -0.1) is 15.0 Å². The van der Waals surface area contributed by atoms with Gasteiger partial charge in [0.25, 0.3) is 0 Å². The molecule has 0 bridgehead atoms. The van der Waals surface area contributed by atoms with Gasteiger partial charge in [0.15, 0.2) is 5.82 Å². The van der Waals surface area contributed by atoms with E-state index < -0.39 is 0 Å². The van der Waals surface area contributed by atoms with Crippen molar-refractivity contribution in [2.45, 2.75) is 25.7 Å². The summed E-state index contributed by atoms with van der Waals surface area (Å²) in [5.41, 5.74) is 3.88. The van der Waals surface area contributed by atoms with E-state index in [0.717, 1.165) is 31.6 Å². The standard InChI is InChI=1S/C21H21N5/c1-2-16-8-10-19(11-9-16)26-23-20(14-22)21(24-26)25-13-12-18(15-25)17-6-4-3-5-7-17/h3-11,18H,2,12-13,15H2,1H3/t18-/m1/s1. The molecule has 0 saturated carbocycles. The minimum Gasteiger partial charge on any atom is -0.352 e. The van der Waals surface area contributed by atoms with Crippen molar-refractivity contribution < 1.29 is 0 Å². The maximum absolute atomic E-state index is 9.51. The summed E-state index contributed by atoms with van der Waals surface area (Å²) < 4.78 is 0. The van der Waals surface area contributed by atoms with Crippen LogP contribution in [0.4, 0.5) is 5.82 Å². The minimum absolute atomic E-state index is 0.387. The molecule has 5 nitrogen and oxygen atoms in total. The highest BCUT2D eigenvalue weighted by atomic mass is 15.5. The molecular weight excluding hydrogens is 322 g/mol. The second-order valence-corrected chi connectivity index (χ2v) is 6.64. The second kappa shape index (κ2) is 7.01. The molecule has 1 aliphatic rings. The number of aromatic nitrogens is 3. The molecule has 1 aliphatic heterocycles. The zero-order valence-electron chi connectivity index (χ0n) is 14.8. The third-order valence-corrected chi connectivity index (χ3v) is 5.04. The first-order valence-corrected chi connectivity index (χ1v) is 9.05. The van der Waals surface area contributed by atoms with Crippen molar-refractivity contribution in [1.82, 2.24) is 15.0 Å². The van der Waals surface area contributed by atoms with Crippen LogP contribution >= 0.6 is 0 Å². The third-order valence-electron chi connectivity index (χ3n) is 5.04. The van der Waals surface area contributed by atoms with Crippen LogP contribution in [-0.2, 0) is 6.42 Å². The largest absolute Gasteiger partial charge is 0.352 e. The molecule has 4 rings (SSSR count). The number of benzene rings is 2. The van der Waals surface area contributed by atoms with Crippen molar-refractivity contribution in [3.05, 3.63) is 71.4 Å². The van der Waals surface area contributed by atoms with Gasteiger partial charge in [-0.25, -0.2) is 0 Å². The maximum Gasteiger partial charge on any atom is 0.207 e. The van der Waals surface area contributed by atoms with Crippen molar-refractivity contribution in [2.24, 2.45) is 0 Å². The van der Waals surface area contributed by atoms with Gasteiger partial charge < -0.3 is 4.90 Å². The van der Waals surface area contributed by atoms with Crippen molar-refractivity contribution in [1.29, 1.82) is 5.26 Å². The van der Waals surface area contributed by atoms with Crippen LogP contribution in [0.5, 0.6) is 0 Å². The second-order valence-electron chi connectivity index (χ2n) is 6.64. The van der Waals surface area contributed by atoms with E-state index in [2.05, 4.69) is 64.5 Å². The predicted molar refractivity (Wildman–Crippen MR) is 101 cm³/mol. The van der Waals surface area contributed by atoms with E-state index in [1.165, 1.54) is 11.1 Å². The smallest absolute Gasteiger partial charge is 0.207 e. The lowest BCUT2D eigenvalue weighted by atomic mass is 9.99. The minimum atomic E-state index is 0.387. The number of hydrogen-bond donors (Lipinski definition) is 0. The zero-order valence-corrected chi connectivity index (χ0v) is 14.8. The average Bonchev–Trinajstić information content (AvgIpc) is 3.35. The van der Waals surface area contributed by atoms with E-state index in [1.54, 1.807) is 4.80 Å². The first-order chi connectivity index (χ1) is 12.8. The predicted octanol–water partition coefficient (Wildman–Crippen LogP) is 3.70. The van der Waals surface area contributed by atoms with Gasteiger partial charge in [-0.1, -0.05) is 49.4 Å². The van der Waals surface area contributed by atoms with E-state index in [0.29, 0.717) is 17.4 Å². The SMILES string of the molecule is CCc1ccc(-n2nc(C#N)c(N3CC[C@@H](c4ccccc4)C3)n2)cc1. The van der Waals surface area contributed by atoms with Crippen molar-refractivity contribution in [2.75, 3.05) is 18.0 Å². The number of nitriles is 1. The van der Waals surface area contributed by atoms with Crippen molar-refractivity contribution >= 4 is 5.82 Å². The Hall–Kier alpha value is -3.13. The van der Waals surface area contributed by atoms with Crippen molar-refractivity contribution in [3.63, 3.8) is 0 Å². The van der Waals surface area contributed by atoms with Crippen LogP contribution in [-0.4, -0.2) is 28.1 Å². The molecule has 26 heavy (non-hydrogen) atoms. The molecule has 0 aliphatic carbocycles. The molecule has 2 aromatic carbocycles. The zero-order chi connectivity index (χ0) is 17.9. The highest BCUT2D eigenvalue weighted by molar-refractivity contribution is 5.52. The average molecular weight is 343 g/mol. The Labute approximate surface area is 153 Å². The molecule has 130 valence electrons. The lowest BCUT2D eigenvalue weighted by Gasteiger charge is -2.15. The topological polar surface area (TPSA) is 57.7 Å². The lowest BCUT2D eigenvalue weighted by molar-refractivity contribution is 0.740. The van der Waals surface area contributed by atoms with Crippen LogP contribution in [0.3, 0.4) is 0 Å². The molecule has 1 fully saturated rings. The molecule has 1 atom stereocenters. The summed E-state index contributed by atoms with van der Waals surface area (Å²) in [5, 5.41) is 18.5. The van der Waals surface area contributed by atoms with Crippen LogP contribution in [0.1, 0.15) is 36.1 Å². The van der Waals surface area contributed by atoms with Gasteiger partial charge in [0.1, 0.15) is 6.07 Å². The quantitative estimate of drug-likeness (QED) is 0.725. The van der Waals surface area contributed by atoms with Crippen LogP contribution in [0.15, 0.2) is 54.6 Å². The normalized spacial score (nSPS) is 16.6. The number of nitrogens with zero attached hydrogens (tertiary/aromatic N) is 5. The Morgan fingerprint density at radius 2 is 1.85 bits per heavy atom. The fraction of sp³-hybridized carbons (Fsp3) is 0.286. The number of rotatable bonds is 4. The summed E-state index contributed by atoms with van der Waals surface area (Å²) >= 11 is 0. The molecule has 1 aromatic heterocycles. The van der Waals surface area contributed by atoms with Gasteiger partial charge in [-0.3, -0.25) is 0 Å². The number of aryl methyl sites for hydroxylation is 1. The fourth-order valence-corrected chi connectivity index (χ4v) is 3.51. The molecule has 5 heteroatoms. The van der Waals surface area contributed by atoms with E-state index in [-0.39, 0.29) is 0 Å². The van der Waals surface area contributed by atoms with Gasteiger partial charge in [0, 0.05) is 19.0 Å². The fourth-order valence-electron chi connectivity index (χ4n) is 3.51. The summed E-state index contributed by atoms with van der Waals surface area (Å²) in [6.07, 6.45) is 2.06. The Morgan fingerprint density at radius 3 is 2.54 bits per heavy atom. The van der Waals surface area contributed by atoms with Crippen LogP contribution in [0.25, 0.3) is 5.69 Å². The maximum atomic E-state index is 9.51. The summed E-state index contributed by atoms with van der Waals surface area (Å²) in [6, 6.07) is 20.9. The molecule has 0 amide bonds. The van der Waals surface area contributed by atoms with Gasteiger partial charge >= 0.3 is 0 Å². The van der Waals surface area contributed by atoms with Crippen LogP contribution < -0.4 is 4.90 Å². The van der Waals surface area contributed by atoms with Crippen LogP contribution in [0.2, 0.25) is 0 Å². The molecule has 1 saturated heterocycles. The first kappa shape index (κ1) is 16.3. The highest BCUT2D eigenvalue weighted by Gasteiger charge is 2.28. The summed E-state index contributed by atoms with van der Waals surface area (Å²) in [6.45, 7) is 3.89. The Morgan fingerprint density at radius 1 is 1.08 bits per heavy atom.